The van der Waals surface area contributed by atoms with Crippen LogP contribution in [-0.2, 0) is 9.84 Å². The minimum Gasteiger partial charge on any atom is -0.233 e. The number of thioether (sulfide) groups is 1. The van der Waals surface area contributed by atoms with Crippen LogP contribution in [0.25, 0.3) is 16.9 Å². The van der Waals surface area contributed by atoms with Crippen molar-refractivity contribution in [2.45, 2.75) is 21.7 Å². The van der Waals surface area contributed by atoms with Gasteiger partial charge in [-0.1, -0.05) is 48.5 Å². The Bertz CT molecular complexity index is 1220. The topological polar surface area (TPSA) is 64.3 Å². The van der Waals surface area contributed by atoms with Gasteiger partial charge in [0.2, 0.25) is 9.84 Å². The molecule has 4 aromatic rings. The molecule has 5 nitrogen and oxygen atoms in total. The lowest BCUT2D eigenvalue weighted by Gasteiger charge is -2.07. The van der Waals surface area contributed by atoms with E-state index in [1.165, 1.54) is 11.8 Å². The van der Waals surface area contributed by atoms with Gasteiger partial charge in [-0.3, -0.25) is 0 Å². The van der Waals surface area contributed by atoms with Crippen molar-refractivity contribution < 1.29 is 8.42 Å². The van der Waals surface area contributed by atoms with Crippen LogP contribution >= 0.6 is 11.8 Å². The van der Waals surface area contributed by atoms with E-state index in [1.807, 2.05) is 49.6 Å². The second-order valence-corrected chi connectivity index (χ2v) is 8.72. The third-order valence-corrected chi connectivity index (χ3v) is 6.84. The Kier molecular flexibility index (Phi) is 4.49. The first-order valence-electron chi connectivity index (χ1n) is 8.32. The Morgan fingerprint density at radius 2 is 1.59 bits per heavy atom. The Labute approximate surface area is 162 Å². The number of aryl methyl sites for hydroxylation is 1. The lowest BCUT2D eigenvalue weighted by molar-refractivity contribution is 0.594. The summed E-state index contributed by atoms with van der Waals surface area (Å²) in [6.45, 7) is 1.86. The van der Waals surface area contributed by atoms with Crippen molar-refractivity contribution in [3.05, 3.63) is 72.4 Å². The maximum Gasteiger partial charge on any atom is 0.213 e. The Hall–Kier alpha value is -2.64. The number of benzene rings is 2. The second-order valence-electron chi connectivity index (χ2n) is 6.04. The molecule has 0 atom stereocenters. The van der Waals surface area contributed by atoms with Crippen molar-refractivity contribution in [3.8, 4) is 11.3 Å². The molecule has 0 radical (unpaired) electrons. The van der Waals surface area contributed by atoms with Crippen molar-refractivity contribution >= 4 is 27.2 Å². The smallest absolute Gasteiger partial charge is 0.213 e. The third kappa shape index (κ3) is 3.02. The highest BCUT2D eigenvalue weighted by Crippen LogP contribution is 2.34. The average Bonchev–Trinajstić information content (AvgIpc) is 3.08. The number of fused-ring (bicyclic) bond motifs is 1. The van der Waals surface area contributed by atoms with Gasteiger partial charge in [-0.05, 0) is 31.4 Å². The average molecular weight is 396 g/mol. The highest BCUT2D eigenvalue weighted by molar-refractivity contribution is 7.99. The molecule has 2 aromatic heterocycles. The molecule has 2 aromatic carbocycles. The quantitative estimate of drug-likeness (QED) is 0.483. The molecule has 0 saturated heterocycles. The van der Waals surface area contributed by atoms with E-state index in [9.17, 15) is 8.42 Å². The van der Waals surface area contributed by atoms with Crippen LogP contribution in [0.3, 0.4) is 0 Å². The molecule has 0 fully saturated rings. The minimum atomic E-state index is -3.75. The van der Waals surface area contributed by atoms with Crippen molar-refractivity contribution in [2.24, 2.45) is 0 Å². The monoisotopic (exact) mass is 395 g/mol. The van der Waals surface area contributed by atoms with Gasteiger partial charge in [0.05, 0.1) is 10.6 Å². The van der Waals surface area contributed by atoms with Gasteiger partial charge < -0.3 is 0 Å². The number of sulfone groups is 1. The van der Waals surface area contributed by atoms with Crippen molar-refractivity contribution in [2.75, 3.05) is 6.26 Å². The van der Waals surface area contributed by atoms with Crippen LogP contribution < -0.4 is 0 Å². The summed E-state index contributed by atoms with van der Waals surface area (Å²) in [5.74, 6) is 0. The van der Waals surface area contributed by atoms with Gasteiger partial charge in [-0.15, -0.1) is 11.8 Å². The molecule has 27 heavy (non-hydrogen) atoms. The molecule has 0 unspecified atom stereocenters. The van der Waals surface area contributed by atoms with Crippen LogP contribution in [0.2, 0.25) is 0 Å². The fourth-order valence-electron chi connectivity index (χ4n) is 3.00. The summed E-state index contributed by atoms with van der Waals surface area (Å²) in [6.07, 6.45) is 1.82. The summed E-state index contributed by atoms with van der Waals surface area (Å²) in [4.78, 5) is 4.92. The predicted octanol–water partition coefficient (Wildman–Crippen LogP) is 4.26. The summed E-state index contributed by atoms with van der Waals surface area (Å²) in [5.41, 5.74) is 2.84. The van der Waals surface area contributed by atoms with Gasteiger partial charge in [-0.25, -0.2) is 17.9 Å². The number of aromatic nitrogens is 3. The summed E-state index contributed by atoms with van der Waals surface area (Å²) in [6, 6.07) is 20.1. The molecule has 136 valence electrons. The predicted molar refractivity (Wildman–Crippen MR) is 107 cm³/mol. The van der Waals surface area contributed by atoms with Gasteiger partial charge in [0.1, 0.15) is 5.03 Å². The zero-order chi connectivity index (χ0) is 19.0. The van der Waals surface area contributed by atoms with Crippen molar-refractivity contribution in [1.82, 2.24) is 14.6 Å². The molecule has 0 saturated carbocycles. The highest BCUT2D eigenvalue weighted by Gasteiger charge is 2.29. The first-order chi connectivity index (χ1) is 13.0. The molecule has 0 aliphatic heterocycles. The maximum atomic E-state index is 13.3. The highest BCUT2D eigenvalue weighted by atomic mass is 32.2. The number of hydrogen-bond donors (Lipinski definition) is 0. The molecule has 0 aliphatic rings. The van der Waals surface area contributed by atoms with Gasteiger partial charge in [0.15, 0.2) is 10.5 Å². The molecule has 0 N–H and O–H groups in total. The molecular weight excluding hydrogens is 378 g/mol. The second kappa shape index (κ2) is 6.83. The number of nitrogens with zero attached hydrogens (tertiary/aromatic N) is 3. The molecule has 0 aliphatic carbocycles. The first kappa shape index (κ1) is 17.8. The van der Waals surface area contributed by atoms with Crippen molar-refractivity contribution in [1.29, 1.82) is 0 Å². The lowest BCUT2D eigenvalue weighted by atomic mass is 10.1. The molecule has 7 heteroatoms. The molecule has 0 spiro atoms. The van der Waals surface area contributed by atoms with Gasteiger partial charge >= 0.3 is 0 Å². The van der Waals surface area contributed by atoms with E-state index >= 15 is 0 Å². The van der Waals surface area contributed by atoms with E-state index in [-0.39, 0.29) is 9.79 Å². The van der Waals surface area contributed by atoms with E-state index in [4.69, 9.17) is 0 Å². The zero-order valence-corrected chi connectivity index (χ0v) is 16.5. The molecule has 0 amide bonds. The van der Waals surface area contributed by atoms with E-state index in [1.54, 1.807) is 34.8 Å². The standard InChI is InChI=1S/C20H17N3O2S2/c1-14-13-17(15-9-5-3-6-10-15)23-19(21-14)18(20(22-23)26-2)27(24,25)16-11-7-4-8-12-16/h3-13H,1-2H3. The van der Waals surface area contributed by atoms with Gasteiger partial charge in [-0.2, -0.15) is 5.10 Å². The molecule has 2 heterocycles. The fraction of sp³-hybridized carbons (Fsp3) is 0.100. The number of hydrogen-bond acceptors (Lipinski definition) is 5. The lowest BCUT2D eigenvalue weighted by Crippen LogP contribution is -2.04. The van der Waals surface area contributed by atoms with Crippen molar-refractivity contribution in [3.63, 3.8) is 0 Å². The van der Waals surface area contributed by atoms with Crippen LogP contribution in [0.5, 0.6) is 0 Å². The Morgan fingerprint density at radius 3 is 2.22 bits per heavy atom. The van der Waals surface area contributed by atoms with Crippen LogP contribution in [-0.4, -0.2) is 29.3 Å². The van der Waals surface area contributed by atoms with E-state index < -0.39 is 9.84 Å². The summed E-state index contributed by atoms with van der Waals surface area (Å²) in [5, 5.41) is 5.02. The van der Waals surface area contributed by atoms with Crippen LogP contribution in [0.15, 0.2) is 81.5 Å². The third-order valence-electron chi connectivity index (χ3n) is 4.23. The first-order valence-corrected chi connectivity index (χ1v) is 11.0. The van der Waals surface area contributed by atoms with Gasteiger partial charge in [0, 0.05) is 11.3 Å². The Morgan fingerprint density at radius 1 is 0.963 bits per heavy atom. The summed E-state index contributed by atoms with van der Waals surface area (Å²) in [7, 11) is -3.75. The van der Waals surface area contributed by atoms with Crippen LogP contribution in [0, 0.1) is 6.92 Å². The van der Waals surface area contributed by atoms with E-state index in [0.717, 1.165) is 17.0 Å². The molecule has 4 rings (SSSR count). The van der Waals surface area contributed by atoms with E-state index in [2.05, 4.69) is 10.1 Å². The van der Waals surface area contributed by atoms with Gasteiger partial charge in [0.25, 0.3) is 0 Å². The Balaban J connectivity index is 2.07. The zero-order valence-electron chi connectivity index (χ0n) is 14.8. The van der Waals surface area contributed by atoms with E-state index in [0.29, 0.717) is 10.7 Å². The SMILES string of the molecule is CSc1nn2c(-c3ccccc3)cc(C)nc2c1S(=O)(=O)c1ccccc1. The summed E-state index contributed by atoms with van der Waals surface area (Å²) >= 11 is 1.30. The number of rotatable bonds is 4. The molecular formula is C20H17N3O2S2. The summed E-state index contributed by atoms with van der Waals surface area (Å²) < 4.78 is 28.3. The fourth-order valence-corrected chi connectivity index (χ4v) is 5.41. The maximum absolute atomic E-state index is 13.3. The molecule has 0 bridgehead atoms. The van der Waals surface area contributed by atoms with Crippen LogP contribution in [0.4, 0.5) is 0 Å². The van der Waals surface area contributed by atoms with Crippen LogP contribution in [0.1, 0.15) is 5.69 Å². The minimum absolute atomic E-state index is 0.155. The normalized spacial score (nSPS) is 11.8. The largest absolute Gasteiger partial charge is 0.233 e.